The molecule has 33 heavy (non-hydrogen) atoms. The summed E-state index contributed by atoms with van der Waals surface area (Å²) in [6, 6.07) is 12.1. The summed E-state index contributed by atoms with van der Waals surface area (Å²) in [5.74, 6) is -0.355. The highest BCUT2D eigenvalue weighted by Gasteiger charge is 2.36. The average molecular weight is 495 g/mol. The molecule has 0 aliphatic rings. The van der Waals surface area contributed by atoms with E-state index in [1.807, 2.05) is 0 Å². The summed E-state index contributed by atoms with van der Waals surface area (Å²) in [4.78, 5) is 17.1. The van der Waals surface area contributed by atoms with Crippen molar-refractivity contribution in [3.63, 3.8) is 0 Å². The minimum atomic E-state index is -4.79. The first-order valence-electron chi connectivity index (χ1n) is 9.47. The molecule has 6 nitrogen and oxygen atoms in total. The number of hydrogen-bond acceptors (Lipinski definition) is 4. The molecular weight excluding hydrogens is 480 g/mol. The summed E-state index contributed by atoms with van der Waals surface area (Å²) in [6.45, 7) is 1.74. The normalized spacial score (nSPS) is 11.6. The maximum Gasteiger partial charge on any atom is 0.433 e. The van der Waals surface area contributed by atoms with E-state index in [1.54, 1.807) is 43.3 Å². The molecule has 0 atom stereocenters. The number of nitrogens with zero attached hydrogens (tertiary/aromatic N) is 3. The Balaban J connectivity index is 1.86. The number of carbonyl (C=O) groups excluding carboxylic acids is 1. The number of carbonyl (C=O) groups is 1. The van der Waals surface area contributed by atoms with Crippen LogP contribution in [0, 0.1) is 6.92 Å². The number of amides is 1. The number of hydrogen-bond donors (Lipinski definition) is 1. The summed E-state index contributed by atoms with van der Waals surface area (Å²) in [5.41, 5.74) is -0.406. The highest BCUT2D eigenvalue weighted by molar-refractivity contribution is 6.37. The lowest BCUT2D eigenvalue weighted by atomic mass is 10.1. The predicted octanol–water partition coefficient (Wildman–Crippen LogP) is 6.29. The molecule has 1 amide bonds. The van der Waals surface area contributed by atoms with Gasteiger partial charge in [-0.15, -0.1) is 0 Å². The van der Waals surface area contributed by atoms with Gasteiger partial charge in [-0.3, -0.25) is 4.79 Å². The van der Waals surface area contributed by atoms with Gasteiger partial charge < -0.3 is 10.1 Å². The van der Waals surface area contributed by atoms with Crippen LogP contribution < -0.4 is 10.1 Å². The van der Waals surface area contributed by atoms with Crippen molar-refractivity contribution in [2.45, 2.75) is 13.1 Å². The van der Waals surface area contributed by atoms with Gasteiger partial charge in [-0.25, -0.2) is 9.50 Å². The monoisotopic (exact) mass is 494 g/mol. The van der Waals surface area contributed by atoms with Crippen molar-refractivity contribution in [1.82, 2.24) is 14.6 Å². The van der Waals surface area contributed by atoms with Crippen LogP contribution in [0.2, 0.25) is 10.0 Å². The highest BCUT2D eigenvalue weighted by atomic mass is 35.5. The Morgan fingerprint density at radius 3 is 2.58 bits per heavy atom. The number of alkyl halides is 3. The van der Waals surface area contributed by atoms with Crippen molar-refractivity contribution in [2.75, 3.05) is 12.4 Å². The fourth-order valence-electron chi connectivity index (χ4n) is 3.18. The van der Waals surface area contributed by atoms with Gasteiger partial charge in [-0.05, 0) is 42.8 Å². The van der Waals surface area contributed by atoms with E-state index in [0.717, 1.165) is 6.07 Å². The van der Waals surface area contributed by atoms with E-state index in [0.29, 0.717) is 32.1 Å². The van der Waals surface area contributed by atoms with Crippen LogP contribution in [0.3, 0.4) is 0 Å². The third-order valence-electron chi connectivity index (χ3n) is 4.85. The lowest BCUT2D eigenvalue weighted by Gasteiger charge is -2.11. The van der Waals surface area contributed by atoms with E-state index in [-0.39, 0.29) is 16.4 Å². The second kappa shape index (κ2) is 8.57. The van der Waals surface area contributed by atoms with Gasteiger partial charge >= 0.3 is 6.18 Å². The van der Waals surface area contributed by atoms with Gasteiger partial charge in [0.05, 0.1) is 12.8 Å². The zero-order valence-corrected chi connectivity index (χ0v) is 18.7. The van der Waals surface area contributed by atoms with Crippen LogP contribution in [0.5, 0.6) is 5.75 Å². The lowest BCUT2D eigenvalue weighted by Crippen LogP contribution is -2.16. The molecule has 4 rings (SSSR count). The maximum absolute atomic E-state index is 13.9. The topological polar surface area (TPSA) is 68.5 Å². The largest absolute Gasteiger partial charge is 0.497 e. The van der Waals surface area contributed by atoms with E-state index in [4.69, 9.17) is 27.9 Å². The highest BCUT2D eigenvalue weighted by Crippen LogP contribution is 2.35. The minimum absolute atomic E-state index is 0.00633. The Morgan fingerprint density at radius 1 is 1.12 bits per heavy atom. The van der Waals surface area contributed by atoms with Crippen LogP contribution >= 0.6 is 23.2 Å². The molecule has 0 fully saturated rings. The molecule has 11 heteroatoms. The zero-order chi connectivity index (χ0) is 23.9. The Morgan fingerprint density at radius 2 is 1.88 bits per heavy atom. The third-order valence-corrected chi connectivity index (χ3v) is 5.43. The number of fused-ring (bicyclic) bond motifs is 1. The van der Waals surface area contributed by atoms with Crippen molar-refractivity contribution in [3.05, 3.63) is 75.5 Å². The molecule has 2 aromatic carbocycles. The molecule has 1 N–H and O–H groups in total. The fraction of sp³-hybridized carbons (Fsp3) is 0.136. The van der Waals surface area contributed by atoms with Gasteiger partial charge in [0.2, 0.25) is 0 Å². The Bertz CT molecular complexity index is 1390. The number of aromatic nitrogens is 3. The minimum Gasteiger partial charge on any atom is -0.497 e. The Labute approximate surface area is 195 Å². The summed E-state index contributed by atoms with van der Waals surface area (Å²) in [5, 5.41) is 6.47. The second-order valence-corrected chi connectivity index (χ2v) is 7.88. The van der Waals surface area contributed by atoms with E-state index in [1.165, 1.54) is 13.2 Å². The first-order chi connectivity index (χ1) is 15.6. The molecule has 4 aromatic rings. The average Bonchev–Trinajstić information content (AvgIpc) is 3.11. The van der Waals surface area contributed by atoms with E-state index < -0.39 is 23.5 Å². The van der Waals surface area contributed by atoms with Crippen molar-refractivity contribution >= 4 is 40.4 Å². The predicted molar refractivity (Wildman–Crippen MR) is 119 cm³/mol. The third kappa shape index (κ3) is 4.46. The quantitative estimate of drug-likeness (QED) is 0.361. The Hall–Kier alpha value is -3.30. The molecule has 0 unspecified atom stereocenters. The smallest absolute Gasteiger partial charge is 0.433 e. The summed E-state index contributed by atoms with van der Waals surface area (Å²) >= 11 is 12.3. The van der Waals surface area contributed by atoms with E-state index in [9.17, 15) is 18.0 Å². The van der Waals surface area contributed by atoms with Crippen molar-refractivity contribution in [3.8, 4) is 17.0 Å². The molecule has 2 heterocycles. The number of halogens is 5. The summed E-state index contributed by atoms with van der Waals surface area (Å²) in [6.07, 6.45) is -4.79. The summed E-state index contributed by atoms with van der Waals surface area (Å²) in [7, 11) is 1.44. The first-order valence-corrected chi connectivity index (χ1v) is 10.2. The number of aryl methyl sites for hydroxylation is 1. The number of benzene rings is 2. The Kier molecular flexibility index (Phi) is 5.94. The van der Waals surface area contributed by atoms with Crippen molar-refractivity contribution in [1.29, 1.82) is 0 Å². The van der Waals surface area contributed by atoms with E-state index in [2.05, 4.69) is 15.4 Å². The van der Waals surface area contributed by atoms with Crippen molar-refractivity contribution in [2.24, 2.45) is 0 Å². The van der Waals surface area contributed by atoms with Gasteiger partial charge in [0.1, 0.15) is 10.8 Å². The fourth-order valence-corrected chi connectivity index (χ4v) is 3.60. The number of nitrogens with one attached hydrogen (secondary N) is 1. The molecule has 170 valence electrons. The lowest BCUT2D eigenvalue weighted by molar-refractivity contribution is -0.142. The molecule has 0 radical (unpaired) electrons. The van der Waals surface area contributed by atoms with Crippen LogP contribution in [-0.2, 0) is 6.18 Å². The number of methoxy groups -OCH3 is 1. The van der Waals surface area contributed by atoms with Gasteiger partial charge in [0.25, 0.3) is 5.91 Å². The molecule has 0 aliphatic heterocycles. The maximum atomic E-state index is 13.9. The zero-order valence-electron chi connectivity index (χ0n) is 17.2. The van der Waals surface area contributed by atoms with Crippen LogP contribution in [0.4, 0.5) is 18.9 Å². The molecule has 2 aromatic heterocycles. The number of anilines is 1. The van der Waals surface area contributed by atoms with Crippen LogP contribution in [0.15, 0.2) is 48.5 Å². The second-order valence-electron chi connectivity index (χ2n) is 7.07. The van der Waals surface area contributed by atoms with Crippen molar-refractivity contribution < 1.29 is 22.7 Å². The number of rotatable bonds is 4. The van der Waals surface area contributed by atoms with E-state index >= 15 is 0 Å². The van der Waals surface area contributed by atoms with Gasteiger partial charge in [0, 0.05) is 16.3 Å². The SMILES string of the molecule is COc1cccc(-c2cc(C(F)(F)F)n3nc(C(=O)Nc4cc(Cl)ccc4C)c(Cl)c3n2)c1. The molecular formula is C22H15Cl2F3N4O2. The first kappa shape index (κ1) is 22.9. The van der Waals surface area contributed by atoms with Crippen LogP contribution in [-0.4, -0.2) is 27.6 Å². The standard InChI is InChI=1S/C22H15Cl2F3N4O2/c1-11-6-7-13(23)9-15(11)29-21(32)19-18(24)20-28-16(12-4-3-5-14(8-12)33-2)10-17(22(25,26)27)31(20)30-19/h3-10H,1-2H3,(H,29,32). The van der Waals surface area contributed by atoms with Crippen LogP contribution in [0.25, 0.3) is 16.9 Å². The molecule has 0 aliphatic carbocycles. The molecule has 0 spiro atoms. The summed E-state index contributed by atoms with van der Waals surface area (Å²) < 4.78 is 47.3. The molecule has 0 saturated carbocycles. The van der Waals surface area contributed by atoms with Gasteiger partial charge in [-0.2, -0.15) is 18.3 Å². The van der Waals surface area contributed by atoms with Crippen LogP contribution in [0.1, 0.15) is 21.7 Å². The molecule has 0 bridgehead atoms. The van der Waals surface area contributed by atoms with Gasteiger partial charge in [0.15, 0.2) is 17.0 Å². The molecule has 0 saturated heterocycles. The van der Waals surface area contributed by atoms with Gasteiger partial charge in [-0.1, -0.05) is 41.4 Å². The number of ether oxygens (including phenoxy) is 1.